The number of hydrogen-bond acceptors (Lipinski definition) is 3. The molecule has 0 atom stereocenters. The van der Waals surface area contributed by atoms with Gasteiger partial charge in [0.15, 0.2) is 0 Å². The molecule has 2 nitrogen and oxygen atoms in total. The smallest absolute Gasteiger partial charge is 0.147 e. The summed E-state index contributed by atoms with van der Waals surface area (Å²) in [7, 11) is 0. The minimum atomic E-state index is 0.814. The standard InChI is InChI=1S/C52H30O2S/c1-3-14-31(15-4-1)47-40-27-29-43-50(52(40)54-51(47)32-16-5-2-6-17-32)41-30-33(26-28-42(41)53-43)46-34-18-7-9-20-36(34)48(37-21-10-8-19-35(37)46)39-23-13-25-45-49(39)38-22-11-12-24-44(38)55-45/h1-30H. The lowest BCUT2D eigenvalue weighted by Crippen LogP contribution is -1.91. The van der Waals surface area contributed by atoms with Gasteiger partial charge in [0.2, 0.25) is 0 Å². The Hall–Kier alpha value is -6.94. The monoisotopic (exact) mass is 718 g/mol. The maximum Gasteiger partial charge on any atom is 0.147 e. The Balaban J connectivity index is 1.15. The number of thiophene rings is 1. The van der Waals surface area contributed by atoms with Crippen LogP contribution in [0.25, 0.3) is 119 Å². The van der Waals surface area contributed by atoms with Gasteiger partial charge in [0.05, 0.1) is 5.39 Å². The van der Waals surface area contributed by atoms with Gasteiger partial charge >= 0.3 is 0 Å². The number of furan rings is 2. The van der Waals surface area contributed by atoms with Gasteiger partial charge in [-0.3, -0.25) is 0 Å². The van der Waals surface area contributed by atoms with Crippen LogP contribution in [0.15, 0.2) is 191 Å². The summed E-state index contributed by atoms with van der Waals surface area (Å²) in [6.07, 6.45) is 0. The summed E-state index contributed by atoms with van der Waals surface area (Å²) in [6.45, 7) is 0. The lowest BCUT2D eigenvalue weighted by molar-refractivity contribution is 0.634. The van der Waals surface area contributed by atoms with Crippen molar-refractivity contribution in [2.45, 2.75) is 0 Å². The highest BCUT2D eigenvalue weighted by Gasteiger charge is 2.24. The SMILES string of the molecule is c1ccc(-c2oc3c(ccc4oc5ccc(-c6c7ccccc7c(-c7cccc8sc9ccccc9c78)c7ccccc67)cc5c43)c2-c2ccccc2)cc1. The van der Waals surface area contributed by atoms with E-state index in [1.807, 2.05) is 17.4 Å². The Morgan fingerprint density at radius 2 is 0.927 bits per heavy atom. The van der Waals surface area contributed by atoms with Gasteiger partial charge in [0.1, 0.15) is 22.5 Å². The van der Waals surface area contributed by atoms with E-state index in [-0.39, 0.29) is 0 Å². The minimum Gasteiger partial charge on any atom is -0.456 e. The lowest BCUT2D eigenvalue weighted by Gasteiger charge is -2.18. The molecule has 3 aromatic heterocycles. The van der Waals surface area contributed by atoms with Crippen molar-refractivity contribution in [2.24, 2.45) is 0 Å². The molecule has 0 amide bonds. The molecule has 256 valence electrons. The quantitative estimate of drug-likeness (QED) is 0.169. The van der Waals surface area contributed by atoms with Crippen LogP contribution in [0.1, 0.15) is 0 Å². The molecule has 0 aliphatic carbocycles. The summed E-state index contributed by atoms with van der Waals surface area (Å²) in [4.78, 5) is 0. The van der Waals surface area contributed by atoms with Crippen LogP contribution in [0, 0.1) is 0 Å². The number of fused-ring (bicyclic) bond motifs is 10. The first-order valence-corrected chi connectivity index (χ1v) is 19.5. The molecular weight excluding hydrogens is 689 g/mol. The molecule has 0 spiro atoms. The highest BCUT2D eigenvalue weighted by Crippen LogP contribution is 2.50. The van der Waals surface area contributed by atoms with Crippen molar-refractivity contribution >= 4 is 86.0 Å². The first-order valence-electron chi connectivity index (χ1n) is 18.7. The van der Waals surface area contributed by atoms with Crippen molar-refractivity contribution in [1.82, 2.24) is 0 Å². The van der Waals surface area contributed by atoms with E-state index < -0.39 is 0 Å². The van der Waals surface area contributed by atoms with Gasteiger partial charge in [-0.2, -0.15) is 0 Å². The van der Waals surface area contributed by atoms with Gasteiger partial charge in [-0.15, -0.1) is 11.3 Å². The second kappa shape index (κ2) is 11.8. The summed E-state index contributed by atoms with van der Waals surface area (Å²) in [6, 6.07) is 65.3. The summed E-state index contributed by atoms with van der Waals surface area (Å²) in [5.74, 6) is 0.862. The van der Waals surface area contributed by atoms with E-state index in [2.05, 4.69) is 176 Å². The van der Waals surface area contributed by atoms with E-state index in [9.17, 15) is 0 Å². The average molecular weight is 719 g/mol. The van der Waals surface area contributed by atoms with Crippen molar-refractivity contribution in [3.63, 3.8) is 0 Å². The van der Waals surface area contributed by atoms with Crippen LogP contribution in [-0.4, -0.2) is 0 Å². The molecule has 0 fully saturated rings. The fraction of sp³-hybridized carbons (Fsp3) is 0. The third-order valence-electron chi connectivity index (χ3n) is 11.3. The molecule has 3 heterocycles. The van der Waals surface area contributed by atoms with Crippen LogP contribution < -0.4 is 0 Å². The van der Waals surface area contributed by atoms with E-state index in [0.29, 0.717) is 0 Å². The van der Waals surface area contributed by atoms with Crippen molar-refractivity contribution in [1.29, 1.82) is 0 Å². The number of hydrogen-bond donors (Lipinski definition) is 0. The van der Waals surface area contributed by atoms with E-state index in [4.69, 9.17) is 8.83 Å². The lowest BCUT2D eigenvalue weighted by atomic mass is 9.84. The molecule has 0 N–H and O–H groups in total. The average Bonchev–Trinajstić information content (AvgIpc) is 3.94. The Bertz CT molecular complexity index is 3420. The molecular formula is C52H30O2S. The molecule has 9 aromatic carbocycles. The third kappa shape index (κ3) is 4.48. The van der Waals surface area contributed by atoms with Crippen LogP contribution in [0.4, 0.5) is 0 Å². The van der Waals surface area contributed by atoms with E-state index in [0.717, 1.165) is 60.9 Å². The maximum atomic E-state index is 6.97. The Morgan fingerprint density at radius 3 is 1.65 bits per heavy atom. The topological polar surface area (TPSA) is 26.3 Å². The van der Waals surface area contributed by atoms with Crippen LogP contribution in [0.2, 0.25) is 0 Å². The molecule has 55 heavy (non-hydrogen) atoms. The predicted octanol–water partition coefficient (Wildman–Crippen LogP) is 15.7. The van der Waals surface area contributed by atoms with Crippen molar-refractivity contribution in [3.8, 4) is 44.7 Å². The largest absolute Gasteiger partial charge is 0.456 e. The zero-order valence-corrected chi connectivity index (χ0v) is 30.4. The van der Waals surface area contributed by atoms with Gasteiger partial charge in [-0.1, -0.05) is 146 Å². The zero-order chi connectivity index (χ0) is 36.0. The maximum absolute atomic E-state index is 6.97. The van der Waals surface area contributed by atoms with Crippen molar-refractivity contribution in [2.75, 3.05) is 0 Å². The Morgan fingerprint density at radius 1 is 0.327 bits per heavy atom. The zero-order valence-electron chi connectivity index (χ0n) is 29.5. The van der Waals surface area contributed by atoms with Crippen LogP contribution in [0.3, 0.4) is 0 Å². The van der Waals surface area contributed by atoms with Crippen molar-refractivity contribution in [3.05, 3.63) is 182 Å². The molecule has 0 bridgehead atoms. The van der Waals surface area contributed by atoms with E-state index in [1.54, 1.807) is 0 Å². The summed E-state index contributed by atoms with van der Waals surface area (Å²) in [5, 5.41) is 10.7. The first-order chi connectivity index (χ1) is 27.3. The molecule has 12 rings (SSSR count). The van der Waals surface area contributed by atoms with Crippen LogP contribution in [-0.2, 0) is 0 Å². The van der Waals surface area contributed by atoms with Crippen LogP contribution in [0.5, 0.6) is 0 Å². The van der Waals surface area contributed by atoms with Gasteiger partial charge in [-0.05, 0) is 85.8 Å². The highest BCUT2D eigenvalue weighted by atomic mass is 32.1. The molecule has 0 saturated carbocycles. The third-order valence-corrected chi connectivity index (χ3v) is 12.4. The fourth-order valence-electron chi connectivity index (χ4n) is 8.97. The number of rotatable bonds is 4. The molecule has 12 aromatic rings. The second-order valence-electron chi connectivity index (χ2n) is 14.3. The van der Waals surface area contributed by atoms with Crippen LogP contribution >= 0.6 is 11.3 Å². The summed E-state index contributed by atoms with van der Waals surface area (Å²) >= 11 is 1.87. The van der Waals surface area contributed by atoms with Crippen molar-refractivity contribution < 1.29 is 8.83 Å². The van der Waals surface area contributed by atoms with Gasteiger partial charge in [0.25, 0.3) is 0 Å². The first kappa shape index (κ1) is 30.5. The fourth-order valence-corrected chi connectivity index (χ4v) is 10.1. The normalized spacial score (nSPS) is 12.0. The number of benzene rings is 9. The molecule has 0 aliphatic heterocycles. The predicted molar refractivity (Wildman–Crippen MR) is 233 cm³/mol. The summed E-state index contributed by atoms with van der Waals surface area (Å²) in [5.41, 5.74) is 10.7. The molecule has 0 radical (unpaired) electrons. The molecule has 0 aliphatic rings. The van der Waals surface area contributed by atoms with Gasteiger partial charge in [0, 0.05) is 42.1 Å². The highest BCUT2D eigenvalue weighted by molar-refractivity contribution is 7.26. The Labute approximate surface area is 320 Å². The van der Waals surface area contributed by atoms with E-state index >= 15 is 0 Å². The molecule has 0 saturated heterocycles. The minimum absolute atomic E-state index is 0.814. The van der Waals surface area contributed by atoms with E-state index in [1.165, 1.54) is 58.4 Å². The molecule has 0 unspecified atom stereocenters. The second-order valence-corrected chi connectivity index (χ2v) is 15.4. The Kier molecular flexibility index (Phi) is 6.54. The summed E-state index contributed by atoms with van der Waals surface area (Å²) < 4.78 is 16.2. The van der Waals surface area contributed by atoms with Gasteiger partial charge in [-0.25, -0.2) is 0 Å². The molecule has 3 heteroatoms. The van der Waals surface area contributed by atoms with Gasteiger partial charge < -0.3 is 8.83 Å².